The number of anilines is 1. The average molecular weight is 344 g/mol. The highest BCUT2D eigenvalue weighted by atomic mass is 19.1. The molecule has 132 valence electrons. The summed E-state index contributed by atoms with van der Waals surface area (Å²) >= 11 is 0. The lowest BCUT2D eigenvalue weighted by molar-refractivity contribution is 0.0996. The van der Waals surface area contributed by atoms with Crippen LogP contribution in [0.5, 0.6) is 0 Å². The molecule has 2 aromatic rings. The van der Waals surface area contributed by atoms with Crippen molar-refractivity contribution in [2.24, 2.45) is 5.73 Å². The van der Waals surface area contributed by atoms with Crippen molar-refractivity contribution in [2.75, 3.05) is 11.9 Å². The molecular formula is C18H21FN4O2. The summed E-state index contributed by atoms with van der Waals surface area (Å²) in [5.74, 6) is -1.61. The van der Waals surface area contributed by atoms with Gasteiger partial charge >= 0.3 is 6.03 Å². The van der Waals surface area contributed by atoms with Crippen LogP contribution >= 0.6 is 0 Å². The van der Waals surface area contributed by atoms with Crippen molar-refractivity contribution in [3.05, 3.63) is 59.7 Å². The van der Waals surface area contributed by atoms with Gasteiger partial charge in [0.1, 0.15) is 5.82 Å². The zero-order valence-electron chi connectivity index (χ0n) is 14.2. The number of carbonyl (C=O) groups excluding carboxylic acids is 2. The zero-order chi connectivity index (χ0) is 18.4. The van der Waals surface area contributed by atoms with E-state index in [0.29, 0.717) is 12.2 Å². The van der Waals surface area contributed by atoms with E-state index in [1.54, 1.807) is 17.3 Å². The first-order valence-corrected chi connectivity index (χ1v) is 8.04. The van der Waals surface area contributed by atoms with E-state index in [0.717, 1.165) is 18.1 Å². The first-order valence-electron chi connectivity index (χ1n) is 8.04. The molecule has 0 aliphatic rings. The van der Waals surface area contributed by atoms with Gasteiger partial charge in [-0.15, -0.1) is 0 Å². The van der Waals surface area contributed by atoms with Gasteiger partial charge in [-0.25, -0.2) is 9.18 Å². The van der Waals surface area contributed by atoms with Crippen LogP contribution in [-0.4, -0.2) is 28.4 Å². The molecule has 6 nitrogen and oxygen atoms in total. The van der Waals surface area contributed by atoms with Crippen molar-refractivity contribution >= 4 is 17.6 Å². The van der Waals surface area contributed by atoms with E-state index >= 15 is 0 Å². The lowest BCUT2D eigenvalue weighted by atomic mass is 10.0. The van der Waals surface area contributed by atoms with Gasteiger partial charge in [-0.3, -0.25) is 9.78 Å². The van der Waals surface area contributed by atoms with Crippen molar-refractivity contribution in [3.8, 4) is 0 Å². The number of amides is 3. The molecule has 0 saturated carbocycles. The Morgan fingerprint density at radius 2 is 1.92 bits per heavy atom. The minimum Gasteiger partial charge on any atom is -0.366 e. The number of benzene rings is 1. The molecule has 1 aromatic heterocycles. The van der Waals surface area contributed by atoms with Gasteiger partial charge in [0.25, 0.3) is 5.91 Å². The van der Waals surface area contributed by atoms with Gasteiger partial charge in [0.05, 0.1) is 11.6 Å². The number of hydrogen-bond acceptors (Lipinski definition) is 3. The van der Waals surface area contributed by atoms with Crippen molar-refractivity contribution in [3.63, 3.8) is 0 Å². The first kappa shape index (κ1) is 18.4. The highest BCUT2D eigenvalue weighted by Crippen LogP contribution is 2.24. The lowest BCUT2D eigenvalue weighted by Crippen LogP contribution is -2.38. The second-order valence-electron chi connectivity index (χ2n) is 5.48. The molecule has 0 bridgehead atoms. The number of nitrogens with zero attached hydrogens (tertiary/aromatic N) is 2. The van der Waals surface area contributed by atoms with Gasteiger partial charge in [-0.05, 0) is 49.2 Å². The Morgan fingerprint density at radius 3 is 2.48 bits per heavy atom. The number of urea groups is 1. The van der Waals surface area contributed by atoms with E-state index in [1.165, 1.54) is 12.1 Å². The quantitative estimate of drug-likeness (QED) is 0.842. The number of carbonyl (C=O) groups is 2. The molecule has 0 aliphatic carbocycles. The van der Waals surface area contributed by atoms with Gasteiger partial charge in [0.2, 0.25) is 0 Å². The largest absolute Gasteiger partial charge is 0.366 e. The zero-order valence-corrected chi connectivity index (χ0v) is 14.2. The number of aromatic nitrogens is 1. The maximum absolute atomic E-state index is 13.6. The Bertz CT molecular complexity index is 752. The number of nitrogens with two attached hydrogens (primary N) is 1. The third-order valence-electron chi connectivity index (χ3n) is 3.94. The number of halogens is 1. The van der Waals surface area contributed by atoms with Crippen LogP contribution in [0.25, 0.3) is 0 Å². The summed E-state index contributed by atoms with van der Waals surface area (Å²) in [7, 11) is 0. The number of primary amides is 1. The monoisotopic (exact) mass is 344 g/mol. The molecular weight excluding hydrogens is 323 g/mol. The fraction of sp³-hybridized carbons (Fsp3) is 0.278. The molecule has 1 aromatic carbocycles. The molecule has 1 heterocycles. The van der Waals surface area contributed by atoms with Crippen LogP contribution in [0.3, 0.4) is 0 Å². The fourth-order valence-electron chi connectivity index (χ4n) is 2.71. The van der Waals surface area contributed by atoms with Crippen molar-refractivity contribution in [1.82, 2.24) is 9.88 Å². The molecule has 0 saturated heterocycles. The predicted octanol–water partition coefficient (Wildman–Crippen LogP) is 3.32. The summed E-state index contributed by atoms with van der Waals surface area (Å²) < 4.78 is 13.6. The molecule has 1 unspecified atom stereocenters. The highest BCUT2D eigenvalue weighted by molar-refractivity contribution is 5.96. The van der Waals surface area contributed by atoms with E-state index in [9.17, 15) is 14.0 Å². The third-order valence-corrected chi connectivity index (χ3v) is 3.94. The number of hydrogen-bond donors (Lipinski definition) is 2. The Morgan fingerprint density at radius 1 is 1.24 bits per heavy atom. The van der Waals surface area contributed by atoms with Crippen molar-refractivity contribution in [2.45, 2.75) is 26.3 Å². The molecule has 25 heavy (non-hydrogen) atoms. The topological polar surface area (TPSA) is 88.3 Å². The molecule has 1 atom stereocenters. The summed E-state index contributed by atoms with van der Waals surface area (Å²) in [4.78, 5) is 29.6. The van der Waals surface area contributed by atoms with Gasteiger partial charge in [-0.2, -0.15) is 0 Å². The highest BCUT2D eigenvalue weighted by Gasteiger charge is 2.23. The molecule has 0 fully saturated rings. The molecule has 0 aliphatic heterocycles. The summed E-state index contributed by atoms with van der Waals surface area (Å²) in [6.45, 7) is 4.35. The van der Waals surface area contributed by atoms with Gasteiger partial charge < -0.3 is 16.0 Å². The minimum absolute atomic E-state index is 0.121. The maximum Gasteiger partial charge on any atom is 0.322 e. The molecule has 0 radical (unpaired) electrons. The van der Waals surface area contributed by atoms with Crippen molar-refractivity contribution < 1.29 is 14.0 Å². The van der Waals surface area contributed by atoms with Crippen LogP contribution in [0.1, 0.15) is 42.2 Å². The first-order chi connectivity index (χ1) is 12.0. The Balaban J connectivity index is 2.22. The van der Waals surface area contributed by atoms with Gasteiger partial charge in [-0.1, -0.05) is 6.92 Å². The van der Waals surface area contributed by atoms with Crippen LogP contribution in [0.4, 0.5) is 14.9 Å². The standard InChI is InChI=1S/C18H21FN4O2/c1-3-16(12-7-9-21-10-8-12)23(4-2)18(25)22-13-5-6-15(19)14(11-13)17(20)24/h5-11,16H,3-4H2,1-2H3,(H2,20,24)(H,22,25). The Kier molecular flexibility index (Phi) is 6.05. The Labute approximate surface area is 145 Å². The average Bonchev–Trinajstić information content (AvgIpc) is 2.61. The summed E-state index contributed by atoms with van der Waals surface area (Å²) in [5.41, 5.74) is 6.16. The Hall–Kier alpha value is -2.96. The van der Waals surface area contributed by atoms with Crippen LogP contribution < -0.4 is 11.1 Å². The number of nitrogens with one attached hydrogen (secondary N) is 1. The van der Waals surface area contributed by atoms with Crippen LogP contribution in [0, 0.1) is 5.82 Å². The van der Waals surface area contributed by atoms with E-state index in [2.05, 4.69) is 10.3 Å². The summed E-state index contributed by atoms with van der Waals surface area (Å²) in [6.07, 6.45) is 4.09. The van der Waals surface area contributed by atoms with Gasteiger partial charge in [0, 0.05) is 24.6 Å². The van der Waals surface area contributed by atoms with Crippen LogP contribution in [0.2, 0.25) is 0 Å². The fourth-order valence-corrected chi connectivity index (χ4v) is 2.71. The maximum atomic E-state index is 13.6. The number of pyridine rings is 1. The smallest absolute Gasteiger partial charge is 0.322 e. The van der Waals surface area contributed by atoms with E-state index < -0.39 is 11.7 Å². The summed E-state index contributed by atoms with van der Waals surface area (Å²) in [6, 6.07) is 7.00. The lowest BCUT2D eigenvalue weighted by Gasteiger charge is -2.30. The molecule has 0 spiro atoms. The molecule has 3 amide bonds. The molecule has 3 N–H and O–H groups in total. The van der Waals surface area contributed by atoms with Gasteiger partial charge in [0.15, 0.2) is 0 Å². The van der Waals surface area contributed by atoms with E-state index in [1.807, 2.05) is 26.0 Å². The van der Waals surface area contributed by atoms with E-state index in [4.69, 9.17) is 5.73 Å². The summed E-state index contributed by atoms with van der Waals surface area (Å²) in [5, 5.41) is 2.70. The second kappa shape index (κ2) is 8.23. The minimum atomic E-state index is -0.885. The number of rotatable bonds is 6. The predicted molar refractivity (Wildman–Crippen MR) is 93.6 cm³/mol. The molecule has 2 rings (SSSR count). The third kappa shape index (κ3) is 4.32. The molecule has 7 heteroatoms. The van der Waals surface area contributed by atoms with E-state index in [-0.39, 0.29) is 17.6 Å². The van der Waals surface area contributed by atoms with Crippen LogP contribution in [0.15, 0.2) is 42.7 Å². The second-order valence-corrected chi connectivity index (χ2v) is 5.48. The normalized spacial score (nSPS) is 11.6. The van der Waals surface area contributed by atoms with Crippen LogP contribution in [-0.2, 0) is 0 Å². The van der Waals surface area contributed by atoms with Crippen molar-refractivity contribution in [1.29, 1.82) is 0 Å². The SMILES string of the molecule is CCC(c1ccncc1)N(CC)C(=O)Nc1ccc(F)c(C(N)=O)c1.